The summed E-state index contributed by atoms with van der Waals surface area (Å²) in [4.78, 5) is 48.4. The second-order valence-corrected chi connectivity index (χ2v) is 11.5. The summed E-state index contributed by atoms with van der Waals surface area (Å²) in [6.07, 6.45) is 0. The van der Waals surface area contributed by atoms with Gasteiger partial charge in [-0.25, -0.2) is 9.59 Å². The zero-order valence-electron chi connectivity index (χ0n) is 19.1. The lowest BCUT2D eigenvalue weighted by molar-refractivity contribution is -0.132. The third-order valence-electron chi connectivity index (χ3n) is 5.83. The molecule has 0 radical (unpaired) electrons. The van der Waals surface area contributed by atoms with E-state index >= 15 is 0 Å². The van der Waals surface area contributed by atoms with Crippen LogP contribution in [0, 0.1) is 0 Å². The van der Waals surface area contributed by atoms with E-state index in [1.807, 2.05) is 0 Å². The van der Waals surface area contributed by atoms with E-state index in [1.165, 1.54) is 32.0 Å². The molecule has 0 saturated carbocycles. The van der Waals surface area contributed by atoms with E-state index in [0.717, 1.165) is 0 Å². The van der Waals surface area contributed by atoms with Gasteiger partial charge in [0.2, 0.25) is 0 Å². The van der Waals surface area contributed by atoms with Crippen molar-refractivity contribution in [3.63, 3.8) is 0 Å². The van der Waals surface area contributed by atoms with Crippen molar-refractivity contribution in [2.75, 3.05) is 0 Å². The first-order chi connectivity index (χ1) is 17.9. The third kappa shape index (κ3) is 3.98. The van der Waals surface area contributed by atoms with E-state index in [9.17, 15) is 24.3 Å². The first-order valence-electron chi connectivity index (χ1n) is 10.6. The van der Waals surface area contributed by atoms with Gasteiger partial charge < -0.3 is 24.1 Å². The normalized spacial score (nSPS) is 14.1. The standard InChI is InChI=1S/C25H12Br4O9/c1-8(30)35-21-15(26)6-13-19(17(21)28)37-20-14(7-16(27)22(18(20)29)36-9(2)31)25(13)12-4-3-10(23(32)33)5-11(12)24(34)38-25/h3-7H,1-2H3,(H,32,33). The Balaban J connectivity index is 1.90. The Bertz CT molecular complexity index is 1550. The zero-order valence-corrected chi connectivity index (χ0v) is 25.5. The first kappa shape index (κ1) is 26.9. The predicted octanol–water partition coefficient (Wildman–Crippen LogP) is 6.85. The smallest absolute Gasteiger partial charge is 0.340 e. The molecule has 38 heavy (non-hydrogen) atoms. The van der Waals surface area contributed by atoms with Gasteiger partial charge >= 0.3 is 23.9 Å². The van der Waals surface area contributed by atoms with Crippen molar-refractivity contribution in [2.45, 2.75) is 19.4 Å². The fourth-order valence-electron chi connectivity index (χ4n) is 4.41. The average molecular weight is 776 g/mol. The number of esters is 3. The summed E-state index contributed by atoms with van der Waals surface area (Å²) in [6, 6.07) is 7.31. The molecule has 5 rings (SSSR count). The number of halogens is 4. The maximum atomic E-state index is 13.3. The molecule has 9 nitrogen and oxygen atoms in total. The molecule has 2 aliphatic rings. The highest BCUT2D eigenvalue weighted by Crippen LogP contribution is 2.62. The van der Waals surface area contributed by atoms with E-state index in [1.54, 1.807) is 12.1 Å². The van der Waals surface area contributed by atoms with Crippen LogP contribution in [-0.2, 0) is 19.9 Å². The Labute approximate surface area is 247 Å². The van der Waals surface area contributed by atoms with Crippen LogP contribution in [0.2, 0.25) is 0 Å². The van der Waals surface area contributed by atoms with Gasteiger partial charge in [-0.15, -0.1) is 0 Å². The lowest BCUT2D eigenvalue weighted by atomic mass is 9.77. The molecule has 0 saturated heterocycles. The van der Waals surface area contributed by atoms with Gasteiger partial charge in [-0.1, -0.05) is 6.07 Å². The number of fused-ring (bicyclic) bond motifs is 6. The Morgan fingerprint density at radius 1 is 0.816 bits per heavy atom. The fraction of sp³-hybridized carbons (Fsp3) is 0.120. The van der Waals surface area contributed by atoms with Gasteiger partial charge in [0.15, 0.2) is 28.6 Å². The molecular formula is C25H12Br4O9. The molecule has 0 unspecified atom stereocenters. The summed E-state index contributed by atoms with van der Waals surface area (Å²) >= 11 is 13.7. The van der Waals surface area contributed by atoms with Crippen molar-refractivity contribution in [1.29, 1.82) is 0 Å². The highest BCUT2D eigenvalue weighted by Gasteiger charge is 2.55. The molecule has 0 aromatic heterocycles. The predicted molar refractivity (Wildman–Crippen MR) is 145 cm³/mol. The Hall–Kier alpha value is -2.74. The van der Waals surface area contributed by atoms with Crippen LogP contribution in [0.4, 0.5) is 0 Å². The minimum atomic E-state index is -1.62. The van der Waals surface area contributed by atoms with Crippen LogP contribution in [0.25, 0.3) is 0 Å². The number of benzene rings is 3. The highest BCUT2D eigenvalue weighted by atomic mass is 79.9. The number of hydrogen-bond donors (Lipinski definition) is 1. The second-order valence-electron chi connectivity index (χ2n) is 8.18. The van der Waals surface area contributed by atoms with Crippen molar-refractivity contribution in [3.8, 4) is 23.0 Å². The maximum absolute atomic E-state index is 13.3. The molecule has 194 valence electrons. The number of ether oxygens (including phenoxy) is 4. The van der Waals surface area contributed by atoms with Gasteiger partial charge in [0, 0.05) is 19.4 Å². The highest BCUT2D eigenvalue weighted by molar-refractivity contribution is 9.11. The first-order valence-corrected chi connectivity index (χ1v) is 13.7. The van der Waals surface area contributed by atoms with Crippen LogP contribution in [0.15, 0.2) is 48.2 Å². The van der Waals surface area contributed by atoms with Crippen LogP contribution in [0.3, 0.4) is 0 Å². The largest absolute Gasteiger partial charge is 0.478 e. The summed E-state index contributed by atoms with van der Waals surface area (Å²) in [5, 5.41) is 9.49. The van der Waals surface area contributed by atoms with Crippen LogP contribution in [-0.4, -0.2) is 29.0 Å². The van der Waals surface area contributed by atoms with Crippen molar-refractivity contribution < 1.29 is 43.2 Å². The molecule has 1 N–H and O–H groups in total. The van der Waals surface area contributed by atoms with Crippen molar-refractivity contribution >= 4 is 87.6 Å². The second kappa shape index (κ2) is 9.47. The minimum absolute atomic E-state index is 0.0521. The van der Waals surface area contributed by atoms with Crippen molar-refractivity contribution in [2.24, 2.45) is 0 Å². The third-order valence-corrected chi connectivity index (χ3v) is 8.45. The van der Waals surface area contributed by atoms with E-state index < -0.39 is 29.5 Å². The van der Waals surface area contributed by atoms with Gasteiger partial charge in [-0.2, -0.15) is 0 Å². The van der Waals surface area contributed by atoms with Crippen LogP contribution >= 0.6 is 63.7 Å². The van der Waals surface area contributed by atoms with Gasteiger partial charge in [0.25, 0.3) is 0 Å². The SMILES string of the molecule is CC(=O)Oc1c(Br)cc2c(c1Br)Oc1c(cc(Br)c(OC(C)=O)c1Br)C21OC(=O)c2cc(C(=O)O)ccc21. The summed E-state index contributed by atoms with van der Waals surface area (Å²) in [5.74, 6) is -2.59. The molecule has 0 amide bonds. The lowest BCUT2D eigenvalue weighted by Gasteiger charge is -2.38. The minimum Gasteiger partial charge on any atom is -0.478 e. The van der Waals surface area contributed by atoms with E-state index in [2.05, 4.69) is 63.7 Å². The number of carbonyl (C=O) groups is 4. The number of aromatic carboxylic acids is 1. The molecule has 1 spiro atoms. The van der Waals surface area contributed by atoms with E-state index in [-0.39, 0.29) is 43.1 Å². The van der Waals surface area contributed by atoms with Crippen LogP contribution < -0.4 is 14.2 Å². The molecule has 0 aliphatic carbocycles. The summed E-state index contributed by atoms with van der Waals surface area (Å²) < 4.78 is 24.3. The number of hydrogen-bond acceptors (Lipinski definition) is 8. The summed E-state index contributed by atoms with van der Waals surface area (Å²) in [6.45, 7) is 2.48. The number of carboxylic acids is 1. The number of carbonyl (C=O) groups excluding carboxylic acids is 3. The van der Waals surface area contributed by atoms with Crippen molar-refractivity contribution in [3.05, 3.63) is 76.0 Å². The van der Waals surface area contributed by atoms with Crippen molar-refractivity contribution in [1.82, 2.24) is 0 Å². The van der Waals surface area contributed by atoms with E-state index in [0.29, 0.717) is 25.6 Å². The fourth-order valence-corrected chi connectivity index (χ4v) is 7.14. The maximum Gasteiger partial charge on any atom is 0.340 e. The molecule has 3 aromatic carbocycles. The topological polar surface area (TPSA) is 125 Å². The van der Waals surface area contributed by atoms with Gasteiger partial charge in [0.1, 0.15) is 8.95 Å². The van der Waals surface area contributed by atoms with Crippen LogP contribution in [0.1, 0.15) is 51.3 Å². The molecule has 2 heterocycles. The molecule has 13 heteroatoms. The Morgan fingerprint density at radius 2 is 1.32 bits per heavy atom. The van der Waals surface area contributed by atoms with Crippen LogP contribution in [0.5, 0.6) is 23.0 Å². The molecule has 3 aromatic rings. The summed E-state index contributed by atoms with van der Waals surface area (Å²) in [7, 11) is 0. The molecule has 0 atom stereocenters. The van der Waals surface area contributed by atoms with Gasteiger partial charge in [-0.05, 0) is 88.0 Å². The van der Waals surface area contributed by atoms with Gasteiger partial charge in [0.05, 0.1) is 31.2 Å². The Kier molecular flexibility index (Phi) is 6.69. The molecule has 0 bridgehead atoms. The molecule has 0 fully saturated rings. The quantitative estimate of drug-likeness (QED) is 0.225. The van der Waals surface area contributed by atoms with Gasteiger partial charge in [-0.3, -0.25) is 9.59 Å². The number of rotatable bonds is 3. The monoisotopic (exact) mass is 772 g/mol. The number of carboxylic acid groups (broad SMARTS) is 1. The summed E-state index contributed by atoms with van der Waals surface area (Å²) in [5.41, 5.74) is -0.591. The zero-order chi connectivity index (χ0) is 27.7. The molecule has 2 aliphatic heterocycles. The molecular weight excluding hydrogens is 764 g/mol. The Morgan fingerprint density at radius 3 is 1.76 bits per heavy atom. The van der Waals surface area contributed by atoms with E-state index in [4.69, 9.17) is 18.9 Å². The average Bonchev–Trinajstić information content (AvgIpc) is 3.13. The lowest BCUT2D eigenvalue weighted by Crippen LogP contribution is -2.33.